The maximum absolute atomic E-state index is 12.2. The quantitative estimate of drug-likeness (QED) is 0.640. The van der Waals surface area contributed by atoms with Crippen molar-refractivity contribution in [3.05, 3.63) is 63.7 Å². The highest BCUT2D eigenvalue weighted by atomic mass is 35.5. The molecule has 0 radical (unpaired) electrons. The number of nitrogens with zero attached hydrogens (tertiary/aromatic N) is 1. The Morgan fingerprint density at radius 2 is 1.72 bits per heavy atom. The van der Waals surface area contributed by atoms with E-state index in [9.17, 15) is 14.3 Å². The van der Waals surface area contributed by atoms with Crippen molar-refractivity contribution in [2.24, 2.45) is 0 Å². The Bertz CT molecular complexity index is 616. The van der Waals surface area contributed by atoms with Crippen LogP contribution in [0.4, 0.5) is 5.69 Å². The highest BCUT2D eigenvalue weighted by Crippen LogP contribution is 2.28. The molecule has 0 bridgehead atoms. The zero-order chi connectivity index (χ0) is 13.1. The first-order valence-corrected chi connectivity index (χ1v) is 6.53. The monoisotopic (exact) mass is 281 g/mol. The van der Waals surface area contributed by atoms with Crippen molar-refractivity contribution in [1.29, 1.82) is 0 Å². The van der Waals surface area contributed by atoms with Gasteiger partial charge in [-0.25, -0.2) is 4.21 Å². The van der Waals surface area contributed by atoms with Gasteiger partial charge in [0.2, 0.25) is 0 Å². The van der Waals surface area contributed by atoms with Gasteiger partial charge in [0.25, 0.3) is 5.69 Å². The lowest BCUT2D eigenvalue weighted by Gasteiger charge is -2.03. The smallest absolute Gasteiger partial charge is 0.258 e. The molecule has 0 N–H and O–H groups in total. The van der Waals surface area contributed by atoms with Gasteiger partial charge in [-0.05, 0) is 24.3 Å². The molecule has 0 saturated carbocycles. The fourth-order valence-corrected chi connectivity index (χ4v) is 2.70. The van der Waals surface area contributed by atoms with Crippen molar-refractivity contribution in [3.8, 4) is 0 Å². The molecule has 1 atom stereocenters. The number of hydrogen-bond donors (Lipinski definition) is 0. The van der Waals surface area contributed by atoms with Crippen LogP contribution >= 0.6 is 11.6 Å². The lowest BCUT2D eigenvalue weighted by molar-refractivity contribution is -0.384. The van der Waals surface area contributed by atoms with Crippen LogP contribution in [0, 0.1) is 10.1 Å². The van der Waals surface area contributed by atoms with Crippen LogP contribution in [0.5, 0.6) is 0 Å². The van der Waals surface area contributed by atoms with Gasteiger partial charge < -0.3 is 0 Å². The lowest BCUT2D eigenvalue weighted by Crippen LogP contribution is -1.95. The number of nitro benzene ring substituents is 1. The molecule has 0 aliphatic heterocycles. The van der Waals surface area contributed by atoms with Crippen molar-refractivity contribution in [1.82, 2.24) is 0 Å². The minimum absolute atomic E-state index is 0.0359. The summed E-state index contributed by atoms with van der Waals surface area (Å²) >= 11 is 5.70. The summed E-state index contributed by atoms with van der Waals surface area (Å²) in [5.74, 6) is 0. The van der Waals surface area contributed by atoms with Crippen LogP contribution in [0.15, 0.2) is 58.3 Å². The van der Waals surface area contributed by atoms with Crippen LogP contribution in [-0.4, -0.2) is 9.13 Å². The Balaban J connectivity index is 2.44. The van der Waals surface area contributed by atoms with Gasteiger partial charge in [-0.1, -0.05) is 29.8 Å². The molecule has 0 aliphatic rings. The second-order valence-electron chi connectivity index (χ2n) is 3.45. The van der Waals surface area contributed by atoms with Crippen molar-refractivity contribution in [2.45, 2.75) is 9.79 Å². The average molecular weight is 282 g/mol. The summed E-state index contributed by atoms with van der Waals surface area (Å²) in [6, 6.07) is 12.9. The summed E-state index contributed by atoms with van der Waals surface area (Å²) in [5, 5.41) is 10.8. The molecule has 0 aromatic heterocycles. The fourth-order valence-electron chi connectivity index (χ4n) is 1.43. The van der Waals surface area contributed by atoms with Gasteiger partial charge in [0.05, 0.1) is 20.6 Å². The second kappa shape index (κ2) is 5.29. The van der Waals surface area contributed by atoms with Gasteiger partial charge >= 0.3 is 0 Å². The van der Waals surface area contributed by atoms with E-state index in [0.29, 0.717) is 9.79 Å². The molecule has 2 aromatic carbocycles. The van der Waals surface area contributed by atoms with E-state index in [4.69, 9.17) is 11.6 Å². The van der Waals surface area contributed by atoms with Crippen LogP contribution in [0.2, 0.25) is 5.02 Å². The normalized spacial score (nSPS) is 12.1. The summed E-state index contributed by atoms with van der Waals surface area (Å²) in [4.78, 5) is 11.1. The number of halogens is 1. The van der Waals surface area contributed by atoms with E-state index in [0.717, 1.165) is 0 Å². The molecule has 0 fully saturated rings. The highest BCUT2D eigenvalue weighted by Gasteiger charge is 2.16. The molecule has 0 saturated heterocycles. The van der Waals surface area contributed by atoms with Gasteiger partial charge in [0, 0.05) is 11.0 Å². The summed E-state index contributed by atoms with van der Waals surface area (Å²) in [5.41, 5.74) is -0.238. The lowest BCUT2D eigenvalue weighted by atomic mass is 10.3. The molecule has 0 amide bonds. The van der Waals surface area contributed by atoms with E-state index in [1.807, 2.05) is 6.07 Å². The maximum atomic E-state index is 12.2. The molecule has 0 aliphatic carbocycles. The third-order valence-electron chi connectivity index (χ3n) is 2.29. The van der Waals surface area contributed by atoms with Gasteiger partial charge in [0.1, 0.15) is 5.02 Å². The molecule has 18 heavy (non-hydrogen) atoms. The third-order valence-corrected chi connectivity index (χ3v) is 3.99. The van der Waals surface area contributed by atoms with Gasteiger partial charge in [0.15, 0.2) is 0 Å². The maximum Gasteiger partial charge on any atom is 0.289 e. The van der Waals surface area contributed by atoms with Crippen LogP contribution in [0.3, 0.4) is 0 Å². The predicted molar refractivity (Wildman–Crippen MR) is 69.2 cm³/mol. The van der Waals surface area contributed by atoms with Crippen molar-refractivity contribution >= 4 is 28.1 Å². The third kappa shape index (κ3) is 2.57. The second-order valence-corrected chi connectivity index (χ2v) is 5.34. The first-order valence-electron chi connectivity index (χ1n) is 5.00. The SMILES string of the molecule is O=[N+]([O-])c1cc([S@](=O)c2ccccc2)ccc1Cl. The Hall–Kier alpha value is -1.72. The zero-order valence-electron chi connectivity index (χ0n) is 9.08. The summed E-state index contributed by atoms with van der Waals surface area (Å²) in [6.45, 7) is 0. The van der Waals surface area contributed by atoms with E-state index < -0.39 is 15.7 Å². The molecular formula is C12H8ClNO3S. The molecule has 92 valence electrons. The Morgan fingerprint density at radius 1 is 1.06 bits per heavy atom. The minimum Gasteiger partial charge on any atom is -0.258 e. The largest absolute Gasteiger partial charge is 0.289 e. The van der Waals surface area contributed by atoms with E-state index in [1.54, 1.807) is 24.3 Å². The molecule has 4 nitrogen and oxygen atoms in total. The van der Waals surface area contributed by atoms with E-state index >= 15 is 0 Å². The van der Waals surface area contributed by atoms with E-state index in [-0.39, 0.29) is 10.7 Å². The zero-order valence-corrected chi connectivity index (χ0v) is 10.6. The van der Waals surface area contributed by atoms with Gasteiger partial charge in [-0.3, -0.25) is 10.1 Å². The topological polar surface area (TPSA) is 60.2 Å². The van der Waals surface area contributed by atoms with Crippen LogP contribution < -0.4 is 0 Å². The van der Waals surface area contributed by atoms with E-state index in [1.165, 1.54) is 18.2 Å². The predicted octanol–water partition coefficient (Wildman–Crippen LogP) is 3.41. The summed E-state index contributed by atoms with van der Waals surface area (Å²) < 4.78 is 12.2. The van der Waals surface area contributed by atoms with Crippen molar-refractivity contribution in [2.75, 3.05) is 0 Å². The molecule has 0 spiro atoms. The number of nitro groups is 1. The first-order chi connectivity index (χ1) is 8.59. The van der Waals surface area contributed by atoms with Gasteiger partial charge in [-0.2, -0.15) is 0 Å². The summed E-state index contributed by atoms with van der Waals surface area (Å²) in [6.07, 6.45) is 0. The molecule has 2 aromatic rings. The van der Waals surface area contributed by atoms with E-state index in [2.05, 4.69) is 0 Å². The molecular weight excluding hydrogens is 274 g/mol. The Morgan fingerprint density at radius 3 is 2.33 bits per heavy atom. The van der Waals surface area contributed by atoms with Crippen molar-refractivity contribution in [3.63, 3.8) is 0 Å². The summed E-state index contributed by atoms with van der Waals surface area (Å²) in [7, 11) is -1.44. The Kier molecular flexibility index (Phi) is 3.74. The fraction of sp³-hybridized carbons (Fsp3) is 0. The number of rotatable bonds is 3. The molecule has 6 heteroatoms. The van der Waals surface area contributed by atoms with Crippen molar-refractivity contribution < 1.29 is 9.13 Å². The highest BCUT2D eigenvalue weighted by molar-refractivity contribution is 7.85. The Labute approximate surface area is 111 Å². The van der Waals surface area contributed by atoms with Crippen LogP contribution in [0.25, 0.3) is 0 Å². The minimum atomic E-state index is -1.44. The number of hydrogen-bond acceptors (Lipinski definition) is 3. The molecule has 0 unspecified atom stereocenters. The van der Waals surface area contributed by atoms with Gasteiger partial charge in [-0.15, -0.1) is 0 Å². The number of benzene rings is 2. The first kappa shape index (κ1) is 12.7. The standard InChI is InChI=1S/C12H8ClNO3S/c13-11-7-6-10(8-12(11)14(15)16)18(17)9-4-2-1-3-5-9/h1-8H/t18-/m1/s1. The van der Waals surface area contributed by atoms with Crippen LogP contribution in [-0.2, 0) is 10.8 Å². The molecule has 2 rings (SSSR count). The average Bonchev–Trinajstić information content (AvgIpc) is 2.39. The molecule has 0 heterocycles. The van der Waals surface area contributed by atoms with Crippen LogP contribution in [0.1, 0.15) is 0 Å².